The fourth-order valence-corrected chi connectivity index (χ4v) is 3.47. The van der Waals surface area contributed by atoms with Crippen LogP contribution in [0.25, 0.3) is 0 Å². The Labute approximate surface area is 148 Å². The third kappa shape index (κ3) is 4.21. The van der Waals surface area contributed by atoms with Gasteiger partial charge in [-0.25, -0.2) is 9.78 Å². The van der Waals surface area contributed by atoms with Crippen molar-refractivity contribution in [3.8, 4) is 0 Å². The number of piperidine rings is 1. The van der Waals surface area contributed by atoms with E-state index in [9.17, 15) is 4.79 Å². The number of nitrogens with zero attached hydrogens (tertiary/aromatic N) is 3. The van der Waals surface area contributed by atoms with Crippen LogP contribution in [0.3, 0.4) is 0 Å². The summed E-state index contributed by atoms with van der Waals surface area (Å²) in [5.74, 6) is 2.36. The van der Waals surface area contributed by atoms with E-state index in [2.05, 4.69) is 34.3 Å². The van der Waals surface area contributed by atoms with E-state index in [0.29, 0.717) is 24.8 Å². The van der Waals surface area contributed by atoms with Crippen LogP contribution >= 0.6 is 0 Å². The molecule has 2 aromatic heterocycles. The first-order chi connectivity index (χ1) is 12.2. The summed E-state index contributed by atoms with van der Waals surface area (Å²) in [6, 6.07) is 1.90. The van der Waals surface area contributed by atoms with Gasteiger partial charge in [-0.2, -0.15) is 0 Å². The number of rotatable bonds is 6. The summed E-state index contributed by atoms with van der Waals surface area (Å²) in [7, 11) is 0. The molecule has 7 heteroatoms. The summed E-state index contributed by atoms with van der Waals surface area (Å²) in [4.78, 5) is 21.8. The number of nitrogens with one attached hydrogen (secondary N) is 2. The highest BCUT2D eigenvalue weighted by Crippen LogP contribution is 2.24. The number of hydrogen-bond acceptors (Lipinski definition) is 4. The van der Waals surface area contributed by atoms with Gasteiger partial charge in [-0.3, -0.25) is 0 Å². The maximum absolute atomic E-state index is 12.5. The highest BCUT2D eigenvalue weighted by atomic mass is 16.5. The molecule has 3 heterocycles. The molecule has 0 aliphatic carbocycles. The molecule has 2 amide bonds. The van der Waals surface area contributed by atoms with Crippen molar-refractivity contribution < 1.29 is 9.32 Å². The molecule has 0 radical (unpaired) electrons. The second-order valence-corrected chi connectivity index (χ2v) is 6.65. The first kappa shape index (κ1) is 17.5. The normalized spacial score (nSPS) is 17.9. The van der Waals surface area contributed by atoms with Gasteiger partial charge in [0.15, 0.2) is 5.76 Å². The van der Waals surface area contributed by atoms with Gasteiger partial charge < -0.3 is 19.7 Å². The van der Waals surface area contributed by atoms with Gasteiger partial charge in [-0.05, 0) is 25.7 Å². The summed E-state index contributed by atoms with van der Waals surface area (Å²) in [5.41, 5.74) is 0.977. The standard InChI is InChI=1S/C18H27N5O2/c1-3-13(4-2)16-10-15(25-22-16)11-21-18(24)23-9-5-6-14(12-23)17-19-7-8-20-17/h7-8,10,13-14H,3-6,9,11-12H2,1-2H3,(H,19,20)(H,21,24)/t14-/m0/s1. The lowest BCUT2D eigenvalue weighted by Gasteiger charge is -2.31. The van der Waals surface area contributed by atoms with Crippen LogP contribution < -0.4 is 5.32 Å². The lowest BCUT2D eigenvalue weighted by Crippen LogP contribution is -2.44. The predicted octanol–water partition coefficient (Wildman–Crippen LogP) is 3.39. The number of carbonyl (C=O) groups is 1. The van der Waals surface area contributed by atoms with Crippen molar-refractivity contribution in [2.45, 2.75) is 57.9 Å². The Morgan fingerprint density at radius 2 is 2.32 bits per heavy atom. The minimum absolute atomic E-state index is 0.0586. The first-order valence-electron chi connectivity index (χ1n) is 9.18. The molecular weight excluding hydrogens is 318 g/mol. The highest BCUT2D eigenvalue weighted by Gasteiger charge is 2.26. The number of amides is 2. The zero-order chi connectivity index (χ0) is 17.6. The number of aromatic amines is 1. The molecule has 0 bridgehead atoms. The van der Waals surface area contributed by atoms with Gasteiger partial charge in [0.1, 0.15) is 5.82 Å². The highest BCUT2D eigenvalue weighted by molar-refractivity contribution is 5.74. The van der Waals surface area contributed by atoms with E-state index in [4.69, 9.17) is 4.52 Å². The van der Waals surface area contributed by atoms with Gasteiger partial charge >= 0.3 is 6.03 Å². The SMILES string of the molecule is CCC(CC)c1cc(CNC(=O)N2CCC[C@H](c3ncc[nH]3)C2)on1. The zero-order valence-electron chi connectivity index (χ0n) is 15.0. The molecule has 1 aliphatic rings. The molecular formula is C18H27N5O2. The molecule has 1 saturated heterocycles. The summed E-state index contributed by atoms with van der Waals surface area (Å²) >= 11 is 0. The quantitative estimate of drug-likeness (QED) is 0.840. The molecule has 1 fully saturated rings. The van der Waals surface area contributed by atoms with Gasteiger partial charge in [0, 0.05) is 43.4 Å². The van der Waals surface area contributed by atoms with Crippen LogP contribution in [-0.2, 0) is 6.54 Å². The van der Waals surface area contributed by atoms with E-state index in [1.54, 1.807) is 6.20 Å². The van der Waals surface area contributed by atoms with E-state index in [1.165, 1.54) is 0 Å². The van der Waals surface area contributed by atoms with Gasteiger partial charge in [0.05, 0.1) is 12.2 Å². The van der Waals surface area contributed by atoms with E-state index >= 15 is 0 Å². The minimum atomic E-state index is -0.0586. The third-order valence-electron chi connectivity index (χ3n) is 5.01. The Hall–Kier alpha value is -2.31. The van der Waals surface area contributed by atoms with Crippen molar-refractivity contribution in [2.75, 3.05) is 13.1 Å². The Bertz CT molecular complexity index is 663. The molecule has 0 aromatic carbocycles. The smallest absolute Gasteiger partial charge is 0.317 e. The molecule has 0 unspecified atom stereocenters. The topological polar surface area (TPSA) is 87.0 Å². The van der Waals surface area contributed by atoms with Crippen molar-refractivity contribution in [1.29, 1.82) is 0 Å². The van der Waals surface area contributed by atoms with Crippen LogP contribution in [0.15, 0.2) is 23.0 Å². The molecule has 1 aliphatic heterocycles. The van der Waals surface area contributed by atoms with Crippen LogP contribution in [0.5, 0.6) is 0 Å². The van der Waals surface area contributed by atoms with Crippen molar-refractivity contribution in [2.24, 2.45) is 0 Å². The van der Waals surface area contributed by atoms with E-state index in [0.717, 1.165) is 43.7 Å². The lowest BCUT2D eigenvalue weighted by molar-refractivity contribution is 0.177. The fourth-order valence-electron chi connectivity index (χ4n) is 3.47. The average molecular weight is 345 g/mol. The molecule has 0 saturated carbocycles. The van der Waals surface area contributed by atoms with Crippen LogP contribution in [0.2, 0.25) is 0 Å². The number of aromatic nitrogens is 3. The second-order valence-electron chi connectivity index (χ2n) is 6.65. The number of urea groups is 1. The predicted molar refractivity (Wildman–Crippen MR) is 94.2 cm³/mol. The molecule has 1 atom stereocenters. The van der Waals surface area contributed by atoms with Crippen molar-refractivity contribution in [1.82, 2.24) is 25.3 Å². The van der Waals surface area contributed by atoms with Crippen molar-refractivity contribution in [3.63, 3.8) is 0 Å². The Morgan fingerprint density at radius 1 is 1.48 bits per heavy atom. The summed E-state index contributed by atoms with van der Waals surface area (Å²) in [6.07, 6.45) is 7.71. The molecule has 25 heavy (non-hydrogen) atoms. The fraction of sp³-hybridized carbons (Fsp3) is 0.611. The maximum Gasteiger partial charge on any atom is 0.317 e. The van der Waals surface area contributed by atoms with Crippen molar-refractivity contribution in [3.05, 3.63) is 35.7 Å². The second kappa shape index (κ2) is 8.18. The van der Waals surface area contributed by atoms with E-state index in [-0.39, 0.29) is 11.9 Å². The van der Waals surface area contributed by atoms with Crippen molar-refractivity contribution >= 4 is 6.03 Å². The Morgan fingerprint density at radius 3 is 3.04 bits per heavy atom. The van der Waals surface area contributed by atoms with Crippen LogP contribution in [-0.4, -0.2) is 39.1 Å². The summed E-state index contributed by atoms with van der Waals surface area (Å²) < 4.78 is 5.37. The molecule has 136 valence electrons. The molecule has 0 spiro atoms. The summed E-state index contributed by atoms with van der Waals surface area (Å²) in [5, 5.41) is 7.09. The Balaban J connectivity index is 1.52. The largest absolute Gasteiger partial charge is 0.359 e. The number of likely N-dealkylation sites (tertiary alicyclic amines) is 1. The number of H-pyrrole nitrogens is 1. The van der Waals surface area contributed by atoms with E-state index in [1.807, 2.05) is 17.2 Å². The number of hydrogen-bond donors (Lipinski definition) is 2. The van der Waals surface area contributed by atoms with Crippen LogP contribution in [0, 0.1) is 0 Å². The van der Waals surface area contributed by atoms with Gasteiger partial charge in [-0.15, -0.1) is 0 Å². The van der Waals surface area contributed by atoms with Gasteiger partial charge in [0.2, 0.25) is 0 Å². The molecule has 2 aromatic rings. The van der Waals surface area contributed by atoms with Crippen LogP contribution in [0.1, 0.15) is 68.6 Å². The van der Waals surface area contributed by atoms with Crippen LogP contribution in [0.4, 0.5) is 4.79 Å². The van der Waals surface area contributed by atoms with Gasteiger partial charge in [-0.1, -0.05) is 19.0 Å². The number of carbonyl (C=O) groups excluding carboxylic acids is 1. The first-order valence-corrected chi connectivity index (χ1v) is 9.18. The Kier molecular flexibility index (Phi) is 5.73. The zero-order valence-corrected chi connectivity index (χ0v) is 15.0. The minimum Gasteiger partial charge on any atom is -0.359 e. The van der Waals surface area contributed by atoms with Gasteiger partial charge in [0.25, 0.3) is 0 Å². The lowest BCUT2D eigenvalue weighted by atomic mass is 9.98. The molecule has 2 N–H and O–H groups in total. The average Bonchev–Trinajstić information content (AvgIpc) is 3.33. The molecule has 3 rings (SSSR count). The van der Waals surface area contributed by atoms with E-state index < -0.39 is 0 Å². The maximum atomic E-state index is 12.5. The summed E-state index contributed by atoms with van der Waals surface area (Å²) in [6.45, 7) is 6.13. The number of imidazole rings is 1. The molecule has 7 nitrogen and oxygen atoms in total. The third-order valence-corrected chi connectivity index (χ3v) is 5.01. The monoisotopic (exact) mass is 345 g/mol.